The van der Waals surface area contributed by atoms with E-state index in [1.165, 1.54) is 0 Å². The number of hydrogen-bond donors (Lipinski definition) is 2. The maximum absolute atomic E-state index is 12.5. The number of nitrogens with zero attached hydrogens (tertiary/aromatic N) is 2. The topological polar surface area (TPSA) is 86.3 Å². The summed E-state index contributed by atoms with van der Waals surface area (Å²) in [5, 5.41) is 16.2. The number of piperidine rings is 1. The molecule has 1 aliphatic rings. The van der Waals surface area contributed by atoms with E-state index < -0.39 is 11.4 Å². The summed E-state index contributed by atoms with van der Waals surface area (Å²) in [5.74, 6) is -0.799. The van der Waals surface area contributed by atoms with E-state index in [2.05, 4.69) is 10.2 Å². The summed E-state index contributed by atoms with van der Waals surface area (Å²) in [6, 6.07) is 0. The molecule has 0 radical (unpaired) electrons. The van der Waals surface area contributed by atoms with E-state index in [0.29, 0.717) is 43.6 Å². The Morgan fingerprint density at radius 1 is 1.35 bits per heavy atom. The lowest BCUT2D eigenvalue weighted by atomic mass is 9.76. The Hall–Kier alpha value is -1.85. The first-order valence-electron chi connectivity index (χ1n) is 6.95. The van der Waals surface area contributed by atoms with Crippen molar-refractivity contribution in [3.8, 4) is 0 Å². The van der Waals surface area contributed by atoms with Gasteiger partial charge >= 0.3 is 5.97 Å². The summed E-state index contributed by atoms with van der Waals surface area (Å²) in [7, 11) is 0. The molecule has 0 atom stereocenters. The van der Waals surface area contributed by atoms with E-state index in [1.54, 1.807) is 11.8 Å². The number of hydrogen-bond acceptors (Lipinski definition) is 3. The van der Waals surface area contributed by atoms with Gasteiger partial charge in [0.05, 0.1) is 16.7 Å². The summed E-state index contributed by atoms with van der Waals surface area (Å²) >= 11 is 0. The van der Waals surface area contributed by atoms with Crippen molar-refractivity contribution in [3.63, 3.8) is 0 Å². The zero-order chi connectivity index (χ0) is 14.9. The van der Waals surface area contributed by atoms with Crippen LogP contribution in [-0.4, -0.2) is 45.2 Å². The standard InChI is InChI=1S/C14H21N3O3/c1-4-14(13(19)20)5-7-17(8-6-14)12(18)11-9(2)15-16-10(11)3/h4-8H2,1-3H3,(H,15,16)(H,19,20). The van der Waals surface area contributed by atoms with Crippen LogP contribution in [0.1, 0.15) is 47.9 Å². The minimum Gasteiger partial charge on any atom is -0.481 e. The molecule has 6 heteroatoms. The molecule has 0 spiro atoms. The Kier molecular flexibility index (Phi) is 3.83. The molecule has 20 heavy (non-hydrogen) atoms. The molecule has 1 amide bonds. The second-order valence-corrected chi connectivity index (χ2v) is 5.54. The van der Waals surface area contributed by atoms with Crippen molar-refractivity contribution in [1.29, 1.82) is 0 Å². The molecule has 0 bridgehead atoms. The van der Waals surface area contributed by atoms with Crippen LogP contribution in [0.2, 0.25) is 0 Å². The normalized spacial score (nSPS) is 18.1. The smallest absolute Gasteiger partial charge is 0.309 e. The Bertz CT molecular complexity index is 508. The van der Waals surface area contributed by atoms with Crippen LogP contribution in [0.25, 0.3) is 0 Å². The van der Waals surface area contributed by atoms with Gasteiger partial charge in [-0.15, -0.1) is 0 Å². The van der Waals surface area contributed by atoms with Crippen molar-refractivity contribution >= 4 is 11.9 Å². The van der Waals surface area contributed by atoms with Crippen LogP contribution in [-0.2, 0) is 4.79 Å². The van der Waals surface area contributed by atoms with Crippen LogP contribution in [0.5, 0.6) is 0 Å². The van der Waals surface area contributed by atoms with E-state index in [-0.39, 0.29) is 5.91 Å². The molecule has 1 fully saturated rings. The van der Waals surface area contributed by atoms with Gasteiger partial charge in [0.2, 0.25) is 0 Å². The van der Waals surface area contributed by atoms with E-state index >= 15 is 0 Å². The van der Waals surface area contributed by atoms with Gasteiger partial charge < -0.3 is 10.0 Å². The molecule has 1 aromatic rings. The number of aromatic nitrogens is 2. The molecule has 110 valence electrons. The molecule has 2 N–H and O–H groups in total. The average Bonchev–Trinajstić information content (AvgIpc) is 2.77. The fraction of sp³-hybridized carbons (Fsp3) is 0.643. The summed E-state index contributed by atoms with van der Waals surface area (Å²) in [5.41, 5.74) is 1.40. The molecule has 2 rings (SSSR count). The Balaban J connectivity index is 2.12. The second-order valence-electron chi connectivity index (χ2n) is 5.54. The minimum atomic E-state index is -0.747. The highest BCUT2D eigenvalue weighted by atomic mass is 16.4. The number of aryl methyl sites for hydroxylation is 2. The zero-order valence-electron chi connectivity index (χ0n) is 12.2. The van der Waals surface area contributed by atoms with Gasteiger partial charge in [0.1, 0.15) is 0 Å². The Morgan fingerprint density at radius 3 is 2.35 bits per heavy atom. The zero-order valence-corrected chi connectivity index (χ0v) is 12.2. The highest BCUT2D eigenvalue weighted by Crippen LogP contribution is 2.35. The number of rotatable bonds is 3. The molecule has 6 nitrogen and oxygen atoms in total. The number of H-pyrrole nitrogens is 1. The van der Waals surface area contributed by atoms with Crippen molar-refractivity contribution in [3.05, 3.63) is 17.0 Å². The van der Waals surface area contributed by atoms with Gasteiger partial charge in [0.25, 0.3) is 5.91 Å². The number of likely N-dealkylation sites (tertiary alicyclic amines) is 1. The van der Waals surface area contributed by atoms with Gasteiger partial charge in [-0.25, -0.2) is 0 Å². The fourth-order valence-corrected chi connectivity index (χ4v) is 2.88. The average molecular weight is 279 g/mol. The molecule has 1 saturated heterocycles. The van der Waals surface area contributed by atoms with Gasteiger partial charge in [0.15, 0.2) is 0 Å². The lowest BCUT2D eigenvalue weighted by Gasteiger charge is -2.38. The molecule has 1 aromatic heterocycles. The Labute approximate surface area is 118 Å². The number of amides is 1. The molecule has 0 aliphatic carbocycles. The molecule has 2 heterocycles. The van der Waals surface area contributed by atoms with Crippen molar-refractivity contribution in [1.82, 2.24) is 15.1 Å². The number of carboxylic acids is 1. The van der Waals surface area contributed by atoms with E-state index in [4.69, 9.17) is 0 Å². The van der Waals surface area contributed by atoms with Gasteiger partial charge in [0, 0.05) is 18.8 Å². The largest absolute Gasteiger partial charge is 0.481 e. The molecule has 1 aliphatic heterocycles. The van der Waals surface area contributed by atoms with E-state index in [0.717, 1.165) is 5.69 Å². The molecule has 0 saturated carbocycles. The number of aliphatic carboxylic acids is 1. The van der Waals surface area contributed by atoms with Crippen LogP contribution in [0.4, 0.5) is 0 Å². The van der Waals surface area contributed by atoms with Crippen LogP contribution < -0.4 is 0 Å². The van der Waals surface area contributed by atoms with E-state index in [1.807, 2.05) is 13.8 Å². The molecular weight excluding hydrogens is 258 g/mol. The lowest BCUT2D eigenvalue weighted by Crippen LogP contribution is -2.46. The van der Waals surface area contributed by atoms with Crippen molar-refractivity contribution < 1.29 is 14.7 Å². The summed E-state index contributed by atoms with van der Waals surface area (Å²) in [6.07, 6.45) is 1.63. The minimum absolute atomic E-state index is 0.0520. The number of aromatic amines is 1. The van der Waals surface area contributed by atoms with Crippen molar-refractivity contribution in [2.45, 2.75) is 40.0 Å². The summed E-state index contributed by atoms with van der Waals surface area (Å²) in [6.45, 7) is 6.50. The highest BCUT2D eigenvalue weighted by molar-refractivity contribution is 5.96. The van der Waals surface area contributed by atoms with E-state index in [9.17, 15) is 14.7 Å². The number of nitrogens with one attached hydrogen (secondary N) is 1. The molecule has 0 aromatic carbocycles. The number of carbonyl (C=O) groups is 2. The summed E-state index contributed by atoms with van der Waals surface area (Å²) in [4.78, 5) is 25.6. The van der Waals surface area contributed by atoms with Crippen LogP contribution in [0.15, 0.2) is 0 Å². The van der Waals surface area contributed by atoms with Gasteiger partial charge in [-0.2, -0.15) is 5.10 Å². The highest BCUT2D eigenvalue weighted by Gasteiger charge is 2.41. The SMILES string of the molecule is CCC1(C(=O)O)CCN(C(=O)c2c(C)n[nH]c2C)CC1. The van der Waals surface area contributed by atoms with Crippen LogP contribution >= 0.6 is 0 Å². The predicted molar refractivity (Wildman–Crippen MR) is 73.6 cm³/mol. The van der Waals surface area contributed by atoms with Crippen molar-refractivity contribution in [2.75, 3.05) is 13.1 Å². The maximum atomic E-state index is 12.5. The Morgan fingerprint density at radius 2 is 1.95 bits per heavy atom. The van der Waals surface area contributed by atoms with Gasteiger partial charge in [-0.1, -0.05) is 6.92 Å². The fourth-order valence-electron chi connectivity index (χ4n) is 2.88. The van der Waals surface area contributed by atoms with Gasteiger partial charge in [-0.3, -0.25) is 14.7 Å². The molecular formula is C14H21N3O3. The third kappa shape index (κ3) is 2.30. The first-order chi connectivity index (χ1) is 9.41. The van der Waals surface area contributed by atoms with Crippen LogP contribution in [0, 0.1) is 19.3 Å². The molecule has 0 unspecified atom stereocenters. The summed E-state index contributed by atoms with van der Waals surface area (Å²) < 4.78 is 0. The number of carbonyl (C=O) groups excluding carboxylic acids is 1. The van der Waals surface area contributed by atoms with Crippen LogP contribution in [0.3, 0.4) is 0 Å². The monoisotopic (exact) mass is 279 g/mol. The second kappa shape index (κ2) is 5.26. The first-order valence-corrected chi connectivity index (χ1v) is 6.95. The van der Waals surface area contributed by atoms with Gasteiger partial charge in [-0.05, 0) is 33.1 Å². The third-order valence-electron chi connectivity index (χ3n) is 4.48. The third-order valence-corrected chi connectivity index (χ3v) is 4.48. The number of carboxylic acid groups (broad SMARTS) is 1. The quantitative estimate of drug-likeness (QED) is 0.882. The van der Waals surface area contributed by atoms with Crippen molar-refractivity contribution in [2.24, 2.45) is 5.41 Å². The maximum Gasteiger partial charge on any atom is 0.309 e. The predicted octanol–water partition coefficient (Wildman–Crippen LogP) is 1.74. The lowest BCUT2D eigenvalue weighted by molar-refractivity contribution is -0.152. The first kappa shape index (κ1) is 14.6.